The maximum absolute atomic E-state index is 12.9. The van der Waals surface area contributed by atoms with Crippen molar-refractivity contribution in [3.63, 3.8) is 0 Å². The van der Waals surface area contributed by atoms with Gasteiger partial charge in [0.15, 0.2) is 0 Å². The number of fused-ring (bicyclic) bond motifs is 1. The third kappa shape index (κ3) is 3.77. The standard InChI is InChI=1S/C18H26N4O3/c1-25-12-11-22-17(23)15-13-14(19)5-6-16(15)21(18(22)24)10-9-20-7-3-2-4-8-20/h5-6,13H,2-4,7-12,19H2,1H3. The molecule has 1 aliphatic heterocycles. The molecule has 1 aromatic heterocycles. The first-order valence-electron chi connectivity index (χ1n) is 8.86. The first-order chi connectivity index (χ1) is 12.1. The smallest absolute Gasteiger partial charge is 0.331 e. The maximum atomic E-state index is 12.9. The quantitative estimate of drug-likeness (QED) is 0.785. The van der Waals surface area contributed by atoms with E-state index >= 15 is 0 Å². The summed E-state index contributed by atoms with van der Waals surface area (Å²) in [5.74, 6) is 0. The van der Waals surface area contributed by atoms with Gasteiger partial charge in [0.25, 0.3) is 5.56 Å². The van der Waals surface area contributed by atoms with Crippen molar-refractivity contribution in [1.29, 1.82) is 0 Å². The largest absolute Gasteiger partial charge is 0.399 e. The van der Waals surface area contributed by atoms with E-state index in [0.717, 1.165) is 19.6 Å². The van der Waals surface area contributed by atoms with Gasteiger partial charge in [0, 0.05) is 25.9 Å². The highest BCUT2D eigenvalue weighted by Crippen LogP contribution is 2.14. The molecule has 2 N–H and O–H groups in total. The minimum absolute atomic E-state index is 0.239. The molecule has 0 bridgehead atoms. The molecule has 0 spiro atoms. The van der Waals surface area contributed by atoms with Crippen LogP contribution in [0.4, 0.5) is 5.69 Å². The van der Waals surface area contributed by atoms with Gasteiger partial charge in [0.1, 0.15) is 0 Å². The highest BCUT2D eigenvalue weighted by Gasteiger charge is 2.15. The van der Waals surface area contributed by atoms with Crippen molar-refractivity contribution in [2.75, 3.05) is 39.1 Å². The number of hydrogen-bond acceptors (Lipinski definition) is 5. The van der Waals surface area contributed by atoms with Gasteiger partial charge >= 0.3 is 5.69 Å². The molecule has 25 heavy (non-hydrogen) atoms. The molecule has 0 unspecified atom stereocenters. The number of likely N-dealkylation sites (tertiary alicyclic amines) is 1. The van der Waals surface area contributed by atoms with E-state index in [0.29, 0.717) is 29.7 Å². The molecule has 0 amide bonds. The minimum Gasteiger partial charge on any atom is -0.399 e. The minimum atomic E-state index is -0.307. The second kappa shape index (κ2) is 7.84. The lowest BCUT2D eigenvalue weighted by atomic mass is 10.1. The average molecular weight is 346 g/mol. The fraction of sp³-hybridized carbons (Fsp3) is 0.556. The van der Waals surface area contributed by atoms with Gasteiger partial charge < -0.3 is 15.4 Å². The van der Waals surface area contributed by atoms with Crippen molar-refractivity contribution >= 4 is 16.6 Å². The molecule has 7 heteroatoms. The number of hydrogen-bond donors (Lipinski definition) is 1. The first-order valence-corrected chi connectivity index (χ1v) is 8.86. The van der Waals surface area contributed by atoms with Crippen molar-refractivity contribution < 1.29 is 4.74 Å². The SMILES string of the molecule is COCCn1c(=O)c2cc(N)ccc2n(CCN2CCCCC2)c1=O. The van der Waals surface area contributed by atoms with Gasteiger partial charge in [-0.3, -0.25) is 13.9 Å². The van der Waals surface area contributed by atoms with Gasteiger partial charge in [0.2, 0.25) is 0 Å². The normalized spacial score (nSPS) is 15.7. The highest BCUT2D eigenvalue weighted by molar-refractivity contribution is 5.81. The molecule has 2 heterocycles. The summed E-state index contributed by atoms with van der Waals surface area (Å²) in [6, 6.07) is 5.15. The Morgan fingerprint density at radius 3 is 2.52 bits per heavy atom. The number of rotatable bonds is 6. The van der Waals surface area contributed by atoms with E-state index in [2.05, 4.69) is 4.90 Å². The van der Waals surface area contributed by atoms with E-state index in [9.17, 15) is 9.59 Å². The molecule has 1 saturated heterocycles. The Morgan fingerprint density at radius 1 is 1.04 bits per heavy atom. The fourth-order valence-electron chi connectivity index (χ4n) is 3.46. The van der Waals surface area contributed by atoms with Crippen LogP contribution in [0, 0.1) is 0 Å². The molecule has 136 valence electrons. The fourth-order valence-corrected chi connectivity index (χ4v) is 3.46. The van der Waals surface area contributed by atoms with E-state index in [1.54, 1.807) is 29.9 Å². The molecule has 7 nitrogen and oxygen atoms in total. The molecular weight excluding hydrogens is 320 g/mol. The Kier molecular flexibility index (Phi) is 5.55. The number of aromatic nitrogens is 2. The molecular formula is C18H26N4O3. The van der Waals surface area contributed by atoms with Crippen LogP contribution in [-0.2, 0) is 17.8 Å². The van der Waals surface area contributed by atoms with Crippen LogP contribution in [-0.4, -0.2) is 47.4 Å². The summed E-state index contributed by atoms with van der Waals surface area (Å²) in [6.07, 6.45) is 3.69. The van der Waals surface area contributed by atoms with Crippen LogP contribution in [0.1, 0.15) is 19.3 Å². The lowest BCUT2D eigenvalue weighted by molar-refractivity contribution is 0.183. The number of nitrogens with two attached hydrogens (primary N) is 1. The second-order valence-electron chi connectivity index (χ2n) is 6.56. The monoisotopic (exact) mass is 346 g/mol. The Balaban J connectivity index is 2.02. The summed E-state index contributed by atoms with van der Waals surface area (Å²) in [7, 11) is 1.55. The van der Waals surface area contributed by atoms with Crippen LogP contribution in [0.15, 0.2) is 27.8 Å². The van der Waals surface area contributed by atoms with Crippen LogP contribution in [0.25, 0.3) is 10.9 Å². The molecule has 2 aromatic rings. The average Bonchev–Trinajstić information content (AvgIpc) is 2.63. The molecule has 1 fully saturated rings. The number of benzene rings is 1. The molecule has 1 aliphatic rings. The summed E-state index contributed by atoms with van der Waals surface area (Å²) in [4.78, 5) is 28.0. The predicted octanol–water partition coefficient (Wildman–Crippen LogP) is 0.878. The lowest BCUT2D eigenvalue weighted by Gasteiger charge is -2.27. The van der Waals surface area contributed by atoms with Crippen LogP contribution in [0.5, 0.6) is 0 Å². The van der Waals surface area contributed by atoms with Crippen molar-refractivity contribution in [2.24, 2.45) is 0 Å². The Bertz CT molecular complexity index is 850. The summed E-state index contributed by atoms with van der Waals surface area (Å²) >= 11 is 0. The number of anilines is 1. The maximum Gasteiger partial charge on any atom is 0.331 e. The molecule has 0 atom stereocenters. The van der Waals surface area contributed by atoms with E-state index in [1.807, 2.05) is 0 Å². The number of nitrogen functional groups attached to an aromatic ring is 1. The Morgan fingerprint density at radius 2 is 1.80 bits per heavy atom. The summed E-state index contributed by atoms with van der Waals surface area (Å²) in [5.41, 5.74) is 6.43. The Labute approximate surface area is 146 Å². The van der Waals surface area contributed by atoms with Gasteiger partial charge in [-0.1, -0.05) is 6.42 Å². The van der Waals surface area contributed by atoms with Crippen LogP contribution in [0.2, 0.25) is 0 Å². The molecule has 0 saturated carbocycles. The van der Waals surface area contributed by atoms with Crippen LogP contribution in [0.3, 0.4) is 0 Å². The Hall–Kier alpha value is -2.12. The van der Waals surface area contributed by atoms with Gasteiger partial charge in [-0.2, -0.15) is 0 Å². The number of methoxy groups -OCH3 is 1. The van der Waals surface area contributed by atoms with Crippen molar-refractivity contribution in [1.82, 2.24) is 14.0 Å². The molecule has 3 rings (SSSR count). The molecule has 0 radical (unpaired) electrons. The third-order valence-electron chi connectivity index (χ3n) is 4.86. The highest BCUT2D eigenvalue weighted by atomic mass is 16.5. The van der Waals surface area contributed by atoms with Crippen LogP contribution < -0.4 is 17.0 Å². The summed E-state index contributed by atoms with van der Waals surface area (Å²) in [6.45, 7) is 4.07. The van der Waals surface area contributed by atoms with E-state index in [1.165, 1.54) is 23.8 Å². The second-order valence-corrected chi connectivity index (χ2v) is 6.56. The third-order valence-corrected chi connectivity index (χ3v) is 4.86. The van der Waals surface area contributed by atoms with Gasteiger partial charge in [0.05, 0.1) is 24.1 Å². The van der Waals surface area contributed by atoms with Gasteiger partial charge in [-0.15, -0.1) is 0 Å². The van der Waals surface area contributed by atoms with Gasteiger partial charge in [-0.25, -0.2) is 4.79 Å². The van der Waals surface area contributed by atoms with E-state index < -0.39 is 0 Å². The van der Waals surface area contributed by atoms with E-state index in [4.69, 9.17) is 10.5 Å². The summed E-state index contributed by atoms with van der Waals surface area (Å²) < 4.78 is 7.99. The van der Waals surface area contributed by atoms with Crippen LogP contribution >= 0.6 is 0 Å². The summed E-state index contributed by atoms with van der Waals surface area (Å²) in [5, 5.41) is 0.481. The van der Waals surface area contributed by atoms with Crippen molar-refractivity contribution in [3.8, 4) is 0 Å². The topological polar surface area (TPSA) is 82.5 Å². The number of ether oxygens (including phenoxy) is 1. The lowest BCUT2D eigenvalue weighted by Crippen LogP contribution is -2.43. The number of nitrogens with zero attached hydrogens (tertiary/aromatic N) is 3. The van der Waals surface area contributed by atoms with Crippen molar-refractivity contribution in [3.05, 3.63) is 39.0 Å². The van der Waals surface area contributed by atoms with Gasteiger partial charge in [-0.05, 0) is 44.1 Å². The zero-order valence-corrected chi connectivity index (χ0v) is 14.7. The molecule has 0 aliphatic carbocycles. The molecule has 1 aromatic carbocycles. The zero-order chi connectivity index (χ0) is 17.8. The zero-order valence-electron chi connectivity index (χ0n) is 14.7. The first kappa shape index (κ1) is 17.7. The van der Waals surface area contributed by atoms with E-state index in [-0.39, 0.29) is 17.8 Å². The van der Waals surface area contributed by atoms with Crippen molar-refractivity contribution in [2.45, 2.75) is 32.4 Å². The predicted molar refractivity (Wildman–Crippen MR) is 99.0 cm³/mol. The number of piperidine rings is 1.